The maximum absolute atomic E-state index is 6.56. The molecule has 0 bridgehead atoms. The average molecular weight is 345 g/mol. The van der Waals surface area contributed by atoms with Gasteiger partial charge < -0.3 is 9.30 Å². The van der Waals surface area contributed by atoms with Gasteiger partial charge in [0.25, 0.3) is 0 Å². The lowest BCUT2D eigenvalue weighted by atomic mass is 9.92. The topological polar surface area (TPSA) is 14.2 Å². The van der Waals surface area contributed by atoms with Crippen molar-refractivity contribution in [1.82, 2.24) is 4.57 Å². The lowest BCUT2D eigenvalue weighted by molar-refractivity contribution is 0.128. The van der Waals surface area contributed by atoms with E-state index in [-0.39, 0.29) is 5.60 Å². The molecule has 0 fully saturated rings. The van der Waals surface area contributed by atoms with Gasteiger partial charge in [0, 0.05) is 28.9 Å². The number of para-hydroxylation sites is 1. The van der Waals surface area contributed by atoms with Crippen LogP contribution in [0.4, 0.5) is 0 Å². The Morgan fingerprint density at radius 2 is 1.96 bits per heavy atom. The predicted octanol–water partition coefficient (Wildman–Crippen LogP) is 6.55. The Morgan fingerprint density at radius 1 is 1.19 bits per heavy atom. The van der Waals surface area contributed by atoms with Gasteiger partial charge in [-0.2, -0.15) is 0 Å². The monoisotopic (exact) mass is 345 g/mol. The summed E-state index contributed by atoms with van der Waals surface area (Å²) in [5.41, 5.74) is 6.05. The van der Waals surface area contributed by atoms with Gasteiger partial charge in [0.15, 0.2) is 0 Å². The first-order valence-corrected chi connectivity index (χ1v) is 9.42. The van der Waals surface area contributed by atoms with E-state index in [1.165, 1.54) is 38.5 Å². The molecule has 0 saturated heterocycles. The second-order valence-corrected chi connectivity index (χ2v) is 7.98. The second kappa shape index (κ2) is 6.05. The first-order chi connectivity index (χ1) is 12.4. The van der Waals surface area contributed by atoms with Crippen LogP contribution in [0.2, 0.25) is 0 Å². The van der Waals surface area contributed by atoms with E-state index in [4.69, 9.17) is 4.74 Å². The molecule has 0 N–H and O–H groups in total. The molecule has 0 unspecified atom stereocenters. The fourth-order valence-electron chi connectivity index (χ4n) is 4.10. The van der Waals surface area contributed by atoms with E-state index in [9.17, 15) is 0 Å². The van der Waals surface area contributed by atoms with Crippen LogP contribution in [0, 0.1) is 6.92 Å². The molecule has 2 heterocycles. The third kappa shape index (κ3) is 2.65. The molecular formula is C24H27NO. The van der Waals surface area contributed by atoms with Crippen molar-refractivity contribution < 1.29 is 4.74 Å². The van der Waals surface area contributed by atoms with Crippen LogP contribution in [0.1, 0.15) is 44.7 Å². The van der Waals surface area contributed by atoms with Gasteiger partial charge in [-0.1, -0.05) is 29.8 Å². The highest BCUT2D eigenvalue weighted by Crippen LogP contribution is 2.42. The molecule has 134 valence electrons. The summed E-state index contributed by atoms with van der Waals surface area (Å²) in [6.45, 7) is 8.65. The Labute approximate surface area is 155 Å². The number of rotatable bonds is 3. The Hall–Kier alpha value is -2.48. The fourth-order valence-corrected chi connectivity index (χ4v) is 4.10. The number of ether oxygens (including phenoxy) is 1. The van der Waals surface area contributed by atoms with Crippen molar-refractivity contribution in [2.75, 3.05) is 0 Å². The zero-order valence-corrected chi connectivity index (χ0v) is 16.4. The summed E-state index contributed by atoms with van der Waals surface area (Å²) in [5.74, 6) is 1.03. The quantitative estimate of drug-likeness (QED) is 0.491. The Morgan fingerprint density at radius 3 is 2.73 bits per heavy atom. The highest BCUT2D eigenvalue weighted by molar-refractivity contribution is 6.11. The van der Waals surface area contributed by atoms with Gasteiger partial charge >= 0.3 is 0 Å². The molecule has 2 nitrogen and oxygen atoms in total. The van der Waals surface area contributed by atoms with Gasteiger partial charge in [0.05, 0.1) is 5.52 Å². The van der Waals surface area contributed by atoms with Gasteiger partial charge in [-0.25, -0.2) is 0 Å². The predicted molar refractivity (Wildman–Crippen MR) is 112 cm³/mol. The normalized spacial score (nSPS) is 18.8. The minimum atomic E-state index is -0.248. The number of fused-ring (bicyclic) bond motifs is 5. The second-order valence-electron chi connectivity index (χ2n) is 7.98. The molecule has 0 amide bonds. The van der Waals surface area contributed by atoms with E-state index in [0.29, 0.717) is 0 Å². The van der Waals surface area contributed by atoms with Gasteiger partial charge in [-0.3, -0.25) is 0 Å². The van der Waals surface area contributed by atoms with Crippen LogP contribution in [0.3, 0.4) is 0 Å². The maximum Gasteiger partial charge on any atom is 0.132 e. The van der Waals surface area contributed by atoms with Crippen LogP contribution in [-0.2, 0) is 7.05 Å². The molecule has 1 aliphatic heterocycles. The Balaban J connectivity index is 1.85. The minimum absolute atomic E-state index is 0.248. The molecule has 0 saturated carbocycles. The van der Waals surface area contributed by atoms with E-state index < -0.39 is 0 Å². The lowest BCUT2D eigenvalue weighted by Gasteiger charge is -2.33. The lowest BCUT2D eigenvalue weighted by Crippen LogP contribution is -2.32. The van der Waals surface area contributed by atoms with Crippen molar-refractivity contribution in [1.29, 1.82) is 0 Å². The number of hydrogen-bond donors (Lipinski definition) is 0. The van der Waals surface area contributed by atoms with Gasteiger partial charge in [0.1, 0.15) is 11.4 Å². The summed E-state index contributed by atoms with van der Waals surface area (Å²) >= 11 is 0. The molecular weight excluding hydrogens is 318 g/mol. The van der Waals surface area contributed by atoms with Crippen molar-refractivity contribution in [3.63, 3.8) is 0 Å². The van der Waals surface area contributed by atoms with Crippen LogP contribution in [-0.4, -0.2) is 10.2 Å². The molecule has 4 rings (SSSR count). The largest absolute Gasteiger partial charge is 0.482 e. The zero-order chi connectivity index (χ0) is 18.5. The number of nitrogens with zero attached hydrogens (tertiary/aromatic N) is 1. The van der Waals surface area contributed by atoms with E-state index >= 15 is 0 Å². The van der Waals surface area contributed by atoms with E-state index in [2.05, 4.69) is 87.9 Å². The summed E-state index contributed by atoms with van der Waals surface area (Å²) in [5, 5.41) is 2.61. The highest BCUT2D eigenvalue weighted by Gasteiger charge is 2.29. The Bertz CT molecular complexity index is 1060. The van der Waals surface area contributed by atoms with Crippen molar-refractivity contribution >= 4 is 27.9 Å². The summed E-state index contributed by atoms with van der Waals surface area (Å²) in [7, 11) is 2.15. The van der Waals surface area contributed by atoms with Crippen LogP contribution < -0.4 is 4.74 Å². The molecule has 0 spiro atoms. The zero-order valence-electron chi connectivity index (χ0n) is 16.4. The van der Waals surface area contributed by atoms with Gasteiger partial charge in [-0.15, -0.1) is 0 Å². The smallest absolute Gasteiger partial charge is 0.132 e. The molecule has 26 heavy (non-hydrogen) atoms. The van der Waals surface area contributed by atoms with E-state index in [1.807, 2.05) is 0 Å². The number of benzene rings is 2. The van der Waals surface area contributed by atoms with Crippen molar-refractivity contribution in [2.24, 2.45) is 7.05 Å². The summed E-state index contributed by atoms with van der Waals surface area (Å²) in [6, 6.07) is 10.9. The van der Waals surface area contributed by atoms with Gasteiger partial charge in [-0.05, 0) is 70.4 Å². The molecule has 0 radical (unpaired) electrons. The molecule has 1 aromatic heterocycles. The summed E-state index contributed by atoms with van der Waals surface area (Å²) < 4.78 is 8.86. The molecule has 0 aliphatic carbocycles. The SMILES string of the molecule is CC(C)=CCC[C@@]1(C)C=Cc2c(c(C)cc3c4ccccc4n(C)c23)O1. The molecule has 1 atom stereocenters. The average Bonchev–Trinajstić information content (AvgIpc) is 2.88. The third-order valence-corrected chi connectivity index (χ3v) is 5.50. The van der Waals surface area contributed by atoms with Crippen molar-refractivity contribution in [3.05, 3.63) is 59.2 Å². The number of aromatic nitrogens is 1. The summed E-state index contributed by atoms with van der Waals surface area (Å²) in [6.07, 6.45) is 8.83. The summed E-state index contributed by atoms with van der Waals surface area (Å²) in [4.78, 5) is 0. The third-order valence-electron chi connectivity index (χ3n) is 5.50. The standard InChI is InChI=1S/C24H27NO/c1-16(2)9-8-13-24(4)14-12-19-22-20(15-17(3)23(19)26-24)18-10-6-7-11-21(18)25(22)5/h6-7,9-12,14-15H,8,13H2,1-5H3/t24-/m0/s1. The first-order valence-electron chi connectivity index (χ1n) is 9.42. The molecule has 3 aromatic rings. The fraction of sp³-hybridized carbons (Fsp3) is 0.333. The molecule has 2 aromatic carbocycles. The van der Waals surface area contributed by atoms with E-state index in [1.54, 1.807) is 0 Å². The van der Waals surface area contributed by atoms with Crippen molar-refractivity contribution in [3.8, 4) is 5.75 Å². The molecule has 2 heteroatoms. The van der Waals surface area contributed by atoms with Crippen LogP contribution in [0.15, 0.2) is 48.1 Å². The number of allylic oxidation sites excluding steroid dienone is 2. The molecule has 1 aliphatic rings. The van der Waals surface area contributed by atoms with E-state index in [0.717, 1.165) is 18.6 Å². The van der Waals surface area contributed by atoms with Crippen LogP contribution >= 0.6 is 0 Å². The number of aryl methyl sites for hydroxylation is 2. The first kappa shape index (κ1) is 17.0. The van der Waals surface area contributed by atoms with Gasteiger partial charge in [0.2, 0.25) is 0 Å². The minimum Gasteiger partial charge on any atom is -0.482 e. The number of hydrogen-bond acceptors (Lipinski definition) is 1. The highest BCUT2D eigenvalue weighted by atomic mass is 16.5. The van der Waals surface area contributed by atoms with Crippen LogP contribution in [0.25, 0.3) is 27.9 Å². The van der Waals surface area contributed by atoms with Crippen molar-refractivity contribution in [2.45, 2.75) is 46.1 Å². The van der Waals surface area contributed by atoms with Crippen LogP contribution in [0.5, 0.6) is 5.75 Å². The maximum atomic E-state index is 6.56. The Kier molecular flexibility index (Phi) is 3.95.